The molecule has 0 spiro atoms. The van der Waals surface area contributed by atoms with Crippen molar-refractivity contribution in [1.82, 2.24) is 15.5 Å². The zero-order chi connectivity index (χ0) is 17.9. The molecule has 0 unspecified atom stereocenters. The summed E-state index contributed by atoms with van der Waals surface area (Å²) in [4.78, 5) is 37.1. The Bertz CT molecular complexity index is 551. The molecule has 1 aromatic carbocycles. The average molecular weight is 333 g/mol. The van der Waals surface area contributed by atoms with Crippen molar-refractivity contribution in [2.24, 2.45) is 0 Å². The summed E-state index contributed by atoms with van der Waals surface area (Å²) in [7, 11) is 0. The number of nitrogens with one attached hydrogen (secondary N) is 2. The van der Waals surface area contributed by atoms with Crippen LogP contribution in [0, 0.1) is 6.92 Å². The molecule has 0 aromatic heterocycles. The van der Waals surface area contributed by atoms with E-state index in [0.29, 0.717) is 31.7 Å². The lowest BCUT2D eigenvalue weighted by Gasteiger charge is -2.19. The number of carbonyl (C=O) groups excluding carboxylic acids is 3. The van der Waals surface area contributed by atoms with Crippen LogP contribution < -0.4 is 10.6 Å². The van der Waals surface area contributed by atoms with Crippen molar-refractivity contribution in [2.75, 3.05) is 26.2 Å². The molecule has 0 saturated heterocycles. The van der Waals surface area contributed by atoms with E-state index in [0.717, 1.165) is 5.56 Å². The first-order valence-electron chi connectivity index (χ1n) is 8.37. The monoisotopic (exact) mass is 333 g/mol. The fourth-order valence-electron chi connectivity index (χ4n) is 2.19. The maximum absolute atomic E-state index is 12.0. The van der Waals surface area contributed by atoms with Crippen LogP contribution in [0.15, 0.2) is 24.3 Å². The van der Waals surface area contributed by atoms with Gasteiger partial charge in [-0.15, -0.1) is 0 Å². The summed E-state index contributed by atoms with van der Waals surface area (Å²) in [6.45, 7) is 7.80. The molecule has 0 saturated carbocycles. The number of amides is 3. The maximum atomic E-state index is 12.0. The van der Waals surface area contributed by atoms with Gasteiger partial charge >= 0.3 is 6.03 Å². The Morgan fingerprint density at radius 1 is 0.917 bits per heavy atom. The van der Waals surface area contributed by atoms with Gasteiger partial charge in [-0.1, -0.05) is 29.8 Å². The average Bonchev–Trinajstić information content (AvgIpc) is 2.58. The second-order valence-electron chi connectivity index (χ2n) is 5.54. The van der Waals surface area contributed by atoms with E-state index in [9.17, 15) is 14.4 Å². The Kier molecular flexibility index (Phi) is 8.54. The van der Waals surface area contributed by atoms with Crippen LogP contribution in [0.1, 0.15) is 42.6 Å². The number of hydrogen-bond donors (Lipinski definition) is 2. The highest BCUT2D eigenvalue weighted by Crippen LogP contribution is 2.07. The van der Waals surface area contributed by atoms with Gasteiger partial charge in [0.05, 0.1) is 0 Å². The fraction of sp³-hybridized carbons (Fsp3) is 0.500. The number of carbonyl (C=O) groups is 3. The van der Waals surface area contributed by atoms with E-state index in [2.05, 4.69) is 10.6 Å². The summed E-state index contributed by atoms with van der Waals surface area (Å²) in [5.41, 5.74) is 1.72. The molecule has 3 amide bonds. The molecule has 2 N–H and O–H groups in total. The van der Waals surface area contributed by atoms with E-state index < -0.39 is 0 Å². The molecule has 0 aliphatic heterocycles. The summed E-state index contributed by atoms with van der Waals surface area (Å²) in [6, 6.07) is 7.18. The second kappa shape index (κ2) is 10.4. The Morgan fingerprint density at radius 3 is 2.08 bits per heavy atom. The van der Waals surface area contributed by atoms with Gasteiger partial charge in [0.15, 0.2) is 5.78 Å². The predicted octanol–water partition coefficient (Wildman–Crippen LogP) is 2.13. The first-order valence-corrected chi connectivity index (χ1v) is 8.37. The van der Waals surface area contributed by atoms with Gasteiger partial charge in [-0.2, -0.15) is 0 Å². The minimum absolute atomic E-state index is 0.0417. The standard InChI is InChI=1S/C18H27N3O3/c1-4-21(5-2)18(24)20-13-12-19-17(23)11-10-16(22)15-8-6-14(3)7-9-15/h6-9H,4-5,10-13H2,1-3H3,(H,19,23)(H,20,24). The van der Waals surface area contributed by atoms with Crippen LogP contribution in [0.2, 0.25) is 0 Å². The summed E-state index contributed by atoms with van der Waals surface area (Å²) in [5.74, 6) is -0.229. The number of aryl methyl sites for hydroxylation is 1. The number of benzene rings is 1. The molecule has 0 fully saturated rings. The quantitative estimate of drug-likeness (QED) is 0.537. The third-order valence-corrected chi connectivity index (χ3v) is 3.73. The number of rotatable bonds is 9. The van der Waals surface area contributed by atoms with Crippen LogP contribution in [0.5, 0.6) is 0 Å². The van der Waals surface area contributed by atoms with E-state index in [4.69, 9.17) is 0 Å². The van der Waals surface area contributed by atoms with Crippen molar-refractivity contribution in [3.63, 3.8) is 0 Å². The highest BCUT2D eigenvalue weighted by molar-refractivity contribution is 5.97. The van der Waals surface area contributed by atoms with Gasteiger partial charge in [-0.05, 0) is 20.8 Å². The molecule has 0 heterocycles. The lowest BCUT2D eigenvalue weighted by molar-refractivity contribution is -0.121. The molecule has 0 atom stereocenters. The maximum Gasteiger partial charge on any atom is 0.317 e. The largest absolute Gasteiger partial charge is 0.354 e. The van der Waals surface area contributed by atoms with Crippen molar-refractivity contribution in [3.8, 4) is 0 Å². The van der Waals surface area contributed by atoms with Gasteiger partial charge < -0.3 is 15.5 Å². The Hall–Kier alpha value is -2.37. The van der Waals surface area contributed by atoms with Gasteiger partial charge in [0.2, 0.25) is 5.91 Å². The van der Waals surface area contributed by atoms with Crippen LogP contribution in [-0.4, -0.2) is 48.8 Å². The minimum atomic E-state index is -0.187. The number of nitrogens with zero attached hydrogens (tertiary/aromatic N) is 1. The first-order chi connectivity index (χ1) is 11.5. The smallest absolute Gasteiger partial charge is 0.317 e. The minimum Gasteiger partial charge on any atom is -0.354 e. The van der Waals surface area contributed by atoms with Crippen molar-refractivity contribution < 1.29 is 14.4 Å². The van der Waals surface area contributed by atoms with Crippen LogP contribution in [0.4, 0.5) is 4.79 Å². The van der Waals surface area contributed by atoms with Gasteiger partial charge in [0.1, 0.15) is 0 Å². The topological polar surface area (TPSA) is 78.5 Å². The first kappa shape index (κ1) is 19.7. The van der Waals surface area contributed by atoms with Gasteiger partial charge in [-0.25, -0.2) is 4.79 Å². The van der Waals surface area contributed by atoms with E-state index in [-0.39, 0.29) is 30.6 Å². The van der Waals surface area contributed by atoms with E-state index in [1.165, 1.54) is 0 Å². The van der Waals surface area contributed by atoms with Crippen molar-refractivity contribution in [3.05, 3.63) is 35.4 Å². The molecule has 24 heavy (non-hydrogen) atoms. The SMILES string of the molecule is CCN(CC)C(=O)NCCNC(=O)CCC(=O)c1ccc(C)cc1. The molecule has 0 aliphatic rings. The number of urea groups is 1. The van der Waals surface area contributed by atoms with E-state index >= 15 is 0 Å². The number of ketones is 1. The number of Topliss-reactive ketones (excluding diaryl/α,β-unsaturated/α-hetero) is 1. The van der Waals surface area contributed by atoms with Crippen molar-refractivity contribution in [1.29, 1.82) is 0 Å². The van der Waals surface area contributed by atoms with Crippen LogP contribution in [0.25, 0.3) is 0 Å². The molecule has 0 bridgehead atoms. The van der Waals surface area contributed by atoms with Gasteiger partial charge in [0, 0.05) is 44.6 Å². The second-order valence-corrected chi connectivity index (χ2v) is 5.54. The number of hydrogen-bond acceptors (Lipinski definition) is 3. The van der Waals surface area contributed by atoms with Crippen LogP contribution in [-0.2, 0) is 4.79 Å². The highest BCUT2D eigenvalue weighted by atomic mass is 16.2. The summed E-state index contributed by atoms with van der Waals surface area (Å²) >= 11 is 0. The zero-order valence-corrected chi connectivity index (χ0v) is 14.7. The molecule has 0 aliphatic carbocycles. The van der Waals surface area contributed by atoms with Crippen LogP contribution in [0.3, 0.4) is 0 Å². The normalized spacial score (nSPS) is 10.1. The van der Waals surface area contributed by atoms with Crippen molar-refractivity contribution >= 4 is 17.7 Å². The van der Waals surface area contributed by atoms with E-state index in [1.54, 1.807) is 17.0 Å². The highest BCUT2D eigenvalue weighted by Gasteiger charge is 2.10. The predicted molar refractivity (Wildman–Crippen MR) is 94.1 cm³/mol. The zero-order valence-electron chi connectivity index (χ0n) is 14.7. The Labute approximate surface area is 143 Å². The molecule has 1 rings (SSSR count). The molecule has 6 nitrogen and oxygen atoms in total. The molecule has 132 valence electrons. The summed E-state index contributed by atoms with van der Waals surface area (Å²) in [6.07, 6.45) is 0.331. The molecular formula is C18H27N3O3. The summed E-state index contributed by atoms with van der Waals surface area (Å²) < 4.78 is 0. The van der Waals surface area contributed by atoms with Crippen molar-refractivity contribution in [2.45, 2.75) is 33.6 Å². The molecular weight excluding hydrogens is 306 g/mol. The fourth-order valence-corrected chi connectivity index (χ4v) is 2.19. The Morgan fingerprint density at radius 2 is 1.50 bits per heavy atom. The third kappa shape index (κ3) is 6.81. The van der Waals surface area contributed by atoms with Crippen LogP contribution >= 0.6 is 0 Å². The summed E-state index contributed by atoms with van der Waals surface area (Å²) in [5, 5.41) is 5.45. The molecule has 0 radical (unpaired) electrons. The lowest BCUT2D eigenvalue weighted by atomic mass is 10.1. The third-order valence-electron chi connectivity index (χ3n) is 3.73. The van der Waals surface area contributed by atoms with Gasteiger partial charge in [0.25, 0.3) is 0 Å². The lowest BCUT2D eigenvalue weighted by Crippen LogP contribution is -2.42. The molecule has 1 aromatic rings. The van der Waals surface area contributed by atoms with E-state index in [1.807, 2.05) is 32.9 Å². The Balaban J connectivity index is 2.21. The van der Waals surface area contributed by atoms with Gasteiger partial charge in [-0.3, -0.25) is 9.59 Å². The molecule has 6 heteroatoms.